The lowest BCUT2D eigenvalue weighted by Crippen LogP contribution is -2.27. The molecule has 0 saturated carbocycles. The summed E-state index contributed by atoms with van der Waals surface area (Å²) in [5.41, 5.74) is 6.33. The number of benzene rings is 1. The van der Waals surface area contributed by atoms with E-state index in [4.69, 9.17) is 5.73 Å². The van der Waals surface area contributed by atoms with Gasteiger partial charge in [-0.2, -0.15) is 4.31 Å². The first-order chi connectivity index (χ1) is 11.0. The lowest BCUT2D eigenvalue weighted by Gasteiger charge is -2.15. The van der Waals surface area contributed by atoms with Crippen molar-refractivity contribution < 1.29 is 13.2 Å². The minimum absolute atomic E-state index is 0.00721. The Morgan fingerprint density at radius 1 is 1.17 bits per heavy atom. The minimum Gasteiger partial charge on any atom is -0.356 e. The van der Waals surface area contributed by atoms with Crippen LogP contribution < -0.4 is 11.1 Å². The zero-order valence-electron chi connectivity index (χ0n) is 13.3. The van der Waals surface area contributed by atoms with Crippen LogP contribution in [-0.2, 0) is 21.2 Å². The van der Waals surface area contributed by atoms with Gasteiger partial charge in [0.2, 0.25) is 15.9 Å². The van der Waals surface area contributed by atoms with E-state index in [9.17, 15) is 13.2 Å². The number of carbonyl (C=O) groups is 1. The van der Waals surface area contributed by atoms with E-state index < -0.39 is 10.0 Å². The summed E-state index contributed by atoms with van der Waals surface area (Å²) in [6.07, 6.45) is 3.61. The fraction of sp³-hybridized carbons (Fsp3) is 0.562. The smallest absolute Gasteiger partial charge is 0.243 e. The van der Waals surface area contributed by atoms with Crippen molar-refractivity contribution in [1.29, 1.82) is 0 Å². The molecule has 0 aromatic heterocycles. The Labute approximate surface area is 138 Å². The molecule has 0 unspecified atom stereocenters. The summed E-state index contributed by atoms with van der Waals surface area (Å²) in [4.78, 5) is 12.0. The fourth-order valence-corrected chi connectivity index (χ4v) is 4.10. The van der Waals surface area contributed by atoms with Crippen molar-refractivity contribution in [1.82, 2.24) is 9.62 Å². The summed E-state index contributed by atoms with van der Waals surface area (Å²) < 4.78 is 26.4. The van der Waals surface area contributed by atoms with Crippen LogP contribution in [-0.4, -0.2) is 44.8 Å². The summed E-state index contributed by atoms with van der Waals surface area (Å²) in [7, 11) is -3.36. The van der Waals surface area contributed by atoms with Gasteiger partial charge in [-0.15, -0.1) is 0 Å². The van der Waals surface area contributed by atoms with E-state index >= 15 is 0 Å². The SMILES string of the molecule is NCCCNC(=O)CCc1ccc(S(=O)(=O)N2CCCC2)cc1. The molecule has 1 aliphatic rings. The van der Waals surface area contributed by atoms with Crippen molar-refractivity contribution in [2.24, 2.45) is 5.73 Å². The van der Waals surface area contributed by atoms with Gasteiger partial charge in [-0.05, 0) is 49.9 Å². The number of rotatable bonds is 8. The number of aryl methyl sites for hydroxylation is 1. The number of hydrogen-bond donors (Lipinski definition) is 2. The van der Waals surface area contributed by atoms with Gasteiger partial charge in [0, 0.05) is 26.1 Å². The first kappa shape index (κ1) is 17.9. The number of amides is 1. The quantitative estimate of drug-likeness (QED) is 0.687. The highest BCUT2D eigenvalue weighted by molar-refractivity contribution is 7.89. The highest BCUT2D eigenvalue weighted by Gasteiger charge is 2.26. The number of sulfonamides is 1. The Bertz CT molecular complexity index is 608. The maximum atomic E-state index is 12.4. The molecule has 2 rings (SSSR count). The highest BCUT2D eigenvalue weighted by Crippen LogP contribution is 2.21. The Morgan fingerprint density at radius 3 is 2.43 bits per heavy atom. The predicted octanol–water partition coefficient (Wildman–Crippen LogP) is 0.869. The number of nitrogens with zero attached hydrogens (tertiary/aromatic N) is 1. The molecule has 1 amide bonds. The second-order valence-electron chi connectivity index (χ2n) is 5.75. The van der Waals surface area contributed by atoms with Gasteiger partial charge in [0.15, 0.2) is 0 Å². The van der Waals surface area contributed by atoms with E-state index in [-0.39, 0.29) is 5.91 Å². The molecule has 1 aliphatic heterocycles. The summed E-state index contributed by atoms with van der Waals surface area (Å²) in [5.74, 6) is -0.00721. The third-order valence-corrected chi connectivity index (χ3v) is 5.88. The lowest BCUT2D eigenvalue weighted by atomic mass is 10.1. The molecular weight excluding hydrogens is 314 g/mol. The van der Waals surface area contributed by atoms with Crippen LogP contribution in [0.4, 0.5) is 0 Å². The van der Waals surface area contributed by atoms with Crippen molar-refractivity contribution in [3.05, 3.63) is 29.8 Å². The number of carbonyl (C=O) groups excluding carboxylic acids is 1. The standard InChI is InChI=1S/C16H25N3O3S/c17-10-3-11-18-16(20)9-6-14-4-7-15(8-5-14)23(21,22)19-12-1-2-13-19/h4-5,7-8H,1-3,6,9-13,17H2,(H,18,20). The van der Waals surface area contributed by atoms with Gasteiger partial charge >= 0.3 is 0 Å². The molecule has 0 spiro atoms. The van der Waals surface area contributed by atoms with E-state index in [0.29, 0.717) is 43.9 Å². The molecule has 1 fully saturated rings. The van der Waals surface area contributed by atoms with Gasteiger partial charge in [0.1, 0.15) is 0 Å². The van der Waals surface area contributed by atoms with E-state index in [2.05, 4.69) is 5.32 Å². The van der Waals surface area contributed by atoms with E-state index in [1.807, 2.05) is 0 Å². The van der Waals surface area contributed by atoms with Crippen molar-refractivity contribution in [2.45, 2.75) is 37.0 Å². The monoisotopic (exact) mass is 339 g/mol. The molecule has 6 nitrogen and oxygen atoms in total. The molecule has 3 N–H and O–H groups in total. The summed E-state index contributed by atoms with van der Waals surface area (Å²) in [6, 6.07) is 6.84. The molecule has 1 aromatic carbocycles. The molecule has 0 bridgehead atoms. The zero-order chi connectivity index (χ0) is 16.7. The van der Waals surface area contributed by atoms with E-state index in [1.165, 1.54) is 4.31 Å². The molecule has 0 atom stereocenters. The molecular formula is C16H25N3O3S. The maximum absolute atomic E-state index is 12.4. The van der Waals surface area contributed by atoms with Crippen LogP contribution in [0, 0.1) is 0 Å². The fourth-order valence-electron chi connectivity index (χ4n) is 2.58. The summed E-state index contributed by atoms with van der Waals surface area (Å²) in [6.45, 7) is 2.37. The lowest BCUT2D eigenvalue weighted by molar-refractivity contribution is -0.121. The average Bonchev–Trinajstić information content (AvgIpc) is 3.09. The summed E-state index contributed by atoms with van der Waals surface area (Å²) in [5, 5.41) is 2.81. The number of hydrogen-bond acceptors (Lipinski definition) is 4. The second kappa shape index (κ2) is 8.42. The molecule has 128 valence electrons. The molecule has 7 heteroatoms. The van der Waals surface area contributed by atoms with Crippen molar-refractivity contribution in [3.8, 4) is 0 Å². The van der Waals surface area contributed by atoms with E-state index in [1.54, 1.807) is 24.3 Å². The first-order valence-corrected chi connectivity index (χ1v) is 9.54. The zero-order valence-corrected chi connectivity index (χ0v) is 14.1. The highest BCUT2D eigenvalue weighted by atomic mass is 32.2. The van der Waals surface area contributed by atoms with Gasteiger partial charge in [-0.25, -0.2) is 8.42 Å². The Balaban J connectivity index is 1.88. The van der Waals surface area contributed by atoms with Gasteiger partial charge in [0.25, 0.3) is 0 Å². The maximum Gasteiger partial charge on any atom is 0.243 e. The summed E-state index contributed by atoms with van der Waals surface area (Å²) >= 11 is 0. The second-order valence-corrected chi connectivity index (χ2v) is 7.69. The largest absolute Gasteiger partial charge is 0.356 e. The topological polar surface area (TPSA) is 92.5 Å². The minimum atomic E-state index is -3.36. The molecule has 1 aromatic rings. The molecule has 23 heavy (non-hydrogen) atoms. The third-order valence-electron chi connectivity index (χ3n) is 3.97. The number of nitrogens with two attached hydrogens (primary N) is 1. The van der Waals surface area contributed by atoms with Gasteiger partial charge in [-0.1, -0.05) is 12.1 Å². The third kappa shape index (κ3) is 5.02. The molecule has 1 heterocycles. The van der Waals surface area contributed by atoms with Crippen LogP contribution in [0.5, 0.6) is 0 Å². The van der Waals surface area contributed by atoms with E-state index in [0.717, 1.165) is 24.8 Å². The molecule has 0 aliphatic carbocycles. The molecule has 0 radical (unpaired) electrons. The van der Waals surface area contributed by atoms with Crippen LogP contribution in [0.25, 0.3) is 0 Å². The Hall–Kier alpha value is -1.44. The average molecular weight is 339 g/mol. The van der Waals surface area contributed by atoms with Crippen LogP contribution in [0.3, 0.4) is 0 Å². The van der Waals surface area contributed by atoms with Crippen molar-refractivity contribution >= 4 is 15.9 Å². The van der Waals surface area contributed by atoms with Gasteiger partial charge in [0.05, 0.1) is 4.90 Å². The Morgan fingerprint density at radius 2 is 1.83 bits per heavy atom. The van der Waals surface area contributed by atoms with Crippen molar-refractivity contribution in [3.63, 3.8) is 0 Å². The Kier molecular flexibility index (Phi) is 6.56. The first-order valence-electron chi connectivity index (χ1n) is 8.10. The van der Waals surface area contributed by atoms with Crippen LogP contribution in [0.1, 0.15) is 31.2 Å². The van der Waals surface area contributed by atoms with Gasteiger partial charge < -0.3 is 11.1 Å². The van der Waals surface area contributed by atoms with Crippen LogP contribution in [0.15, 0.2) is 29.2 Å². The predicted molar refractivity (Wildman–Crippen MR) is 89.4 cm³/mol. The van der Waals surface area contributed by atoms with Gasteiger partial charge in [-0.3, -0.25) is 4.79 Å². The molecule has 1 saturated heterocycles. The number of nitrogens with one attached hydrogen (secondary N) is 1. The van der Waals surface area contributed by atoms with Crippen molar-refractivity contribution in [2.75, 3.05) is 26.2 Å². The normalized spacial score (nSPS) is 15.7. The van der Waals surface area contributed by atoms with Crippen LogP contribution >= 0.6 is 0 Å². The van der Waals surface area contributed by atoms with Crippen LogP contribution in [0.2, 0.25) is 0 Å².